The molecule has 3 rings (SSSR count). The highest BCUT2D eigenvalue weighted by Gasteiger charge is 2.10. The Bertz CT molecular complexity index is 1100. The number of methoxy groups -OCH3 is 1. The van der Waals surface area contributed by atoms with Gasteiger partial charge in [-0.25, -0.2) is 9.97 Å². The summed E-state index contributed by atoms with van der Waals surface area (Å²) >= 11 is 2.01. The minimum atomic E-state index is -0.416. The number of nitrogens with zero attached hydrogens (tertiary/aromatic N) is 4. The van der Waals surface area contributed by atoms with E-state index in [2.05, 4.69) is 24.0 Å². The second kappa shape index (κ2) is 9.68. The molecule has 8 N–H and O–H groups in total. The van der Waals surface area contributed by atoms with Gasteiger partial charge in [0, 0.05) is 6.07 Å². The summed E-state index contributed by atoms with van der Waals surface area (Å²) in [5, 5.41) is 20.6. The van der Waals surface area contributed by atoms with Gasteiger partial charge in [-0.1, -0.05) is 0 Å². The predicted molar refractivity (Wildman–Crippen MR) is 101 cm³/mol. The van der Waals surface area contributed by atoms with Crippen molar-refractivity contribution in [2.75, 3.05) is 18.2 Å². The number of nitrogens with one attached hydrogen (secondary N) is 3. The van der Waals surface area contributed by atoms with Crippen LogP contribution in [0.5, 0.6) is 5.88 Å². The van der Waals surface area contributed by atoms with Crippen molar-refractivity contribution in [2.24, 2.45) is 0 Å². The van der Waals surface area contributed by atoms with Gasteiger partial charge in [-0.05, 0) is 23.1 Å². The van der Waals surface area contributed by atoms with E-state index in [-0.39, 0.29) is 22.3 Å². The van der Waals surface area contributed by atoms with E-state index in [1.54, 1.807) is 12.1 Å². The van der Waals surface area contributed by atoms with E-state index in [0.717, 1.165) is 23.1 Å². The number of hydrogen-bond acceptors (Lipinski definition) is 12. The third-order valence-electron chi connectivity index (χ3n) is 2.74. The topological polar surface area (TPSA) is 221 Å². The lowest BCUT2D eigenvalue weighted by atomic mass is 10.4. The summed E-state index contributed by atoms with van der Waals surface area (Å²) in [5.41, 5.74) is 4.45. The van der Waals surface area contributed by atoms with Gasteiger partial charge in [0.2, 0.25) is 5.88 Å². The minimum absolute atomic E-state index is 0. The lowest BCUT2D eigenvalue weighted by Gasteiger charge is -2.03. The van der Waals surface area contributed by atoms with E-state index in [1.807, 2.05) is 6.07 Å². The lowest BCUT2D eigenvalue weighted by Crippen LogP contribution is -2.03. The van der Waals surface area contributed by atoms with Crippen LogP contribution in [0, 0.1) is 22.7 Å². The molecule has 12 nitrogen and oxygen atoms in total. The summed E-state index contributed by atoms with van der Waals surface area (Å²) in [7, 11) is 1.49. The zero-order chi connectivity index (χ0) is 19.1. The number of nitriles is 2. The van der Waals surface area contributed by atoms with Gasteiger partial charge >= 0.3 is 0 Å². The first-order valence-corrected chi connectivity index (χ1v) is 8.25. The summed E-state index contributed by atoms with van der Waals surface area (Å²) in [6.07, 6.45) is 1.32. The first-order valence-electron chi connectivity index (χ1n) is 6.61. The van der Waals surface area contributed by atoms with Gasteiger partial charge in [0.05, 0.1) is 7.11 Å². The van der Waals surface area contributed by atoms with Crippen molar-refractivity contribution in [1.29, 1.82) is 10.5 Å². The molecule has 140 valence electrons. The third-order valence-corrected chi connectivity index (χ3v) is 4.25. The number of aromatic amines is 2. The average molecular weight is 407 g/mol. The number of anilines is 3. The normalized spacial score (nSPS) is 9.00. The first-order chi connectivity index (χ1) is 12.5. The van der Waals surface area contributed by atoms with Crippen LogP contribution >= 0.6 is 23.1 Å². The zero-order valence-electron chi connectivity index (χ0n) is 13.8. The van der Waals surface area contributed by atoms with Crippen LogP contribution < -0.4 is 33.1 Å². The van der Waals surface area contributed by atoms with E-state index in [0.29, 0.717) is 16.7 Å². The Hall–Kier alpha value is -3.72. The molecule has 3 heterocycles. The van der Waals surface area contributed by atoms with Gasteiger partial charge < -0.3 is 21.9 Å². The molecule has 0 saturated heterocycles. The first kappa shape index (κ1) is 21.3. The highest BCUT2D eigenvalue weighted by atomic mass is 32.1. The molecule has 3 aromatic heterocycles. The smallest absolute Gasteiger partial charge is 0.278 e. The van der Waals surface area contributed by atoms with Crippen molar-refractivity contribution in [3.63, 3.8) is 0 Å². The lowest BCUT2D eigenvalue weighted by molar-refractivity contribution is 0.397. The molecular weight excluding hydrogens is 394 g/mol. The second-order valence-corrected chi connectivity index (χ2v) is 5.97. The Balaban J connectivity index is 0.000000310. The van der Waals surface area contributed by atoms with Crippen LogP contribution in [0.25, 0.3) is 0 Å². The van der Waals surface area contributed by atoms with Crippen molar-refractivity contribution < 1.29 is 4.74 Å². The molecule has 0 aliphatic heterocycles. The number of ether oxygens (including phenoxy) is 1. The molecule has 0 radical (unpaired) electrons. The Morgan fingerprint density at radius 2 is 1.78 bits per heavy atom. The zero-order valence-corrected chi connectivity index (χ0v) is 15.4. The van der Waals surface area contributed by atoms with Crippen LogP contribution in [0.15, 0.2) is 22.0 Å². The van der Waals surface area contributed by atoms with Crippen LogP contribution in [-0.4, -0.2) is 25.8 Å². The van der Waals surface area contributed by atoms with Gasteiger partial charge in [0.15, 0.2) is 11.1 Å². The number of aromatic nitrogens is 4. The van der Waals surface area contributed by atoms with Gasteiger partial charge in [0.25, 0.3) is 11.1 Å². The monoisotopic (exact) mass is 407 g/mol. The Labute approximate surface area is 159 Å². The van der Waals surface area contributed by atoms with Crippen molar-refractivity contribution in [1.82, 2.24) is 24.9 Å². The van der Waals surface area contributed by atoms with E-state index in [9.17, 15) is 9.59 Å². The van der Waals surface area contributed by atoms with Gasteiger partial charge in [-0.2, -0.15) is 10.5 Å². The highest BCUT2D eigenvalue weighted by Crippen LogP contribution is 2.21. The number of nitrogens with two attached hydrogens (primary N) is 1. The highest BCUT2D eigenvalue weighted by molar-refractivity contribution is 7.10. The van der Waals surface area contributed by atoms with Crippen LogP contribution in [0.2, 0.25) is 0 Å². The molecule has 0 fully saturated rings. The molecule has 0 atom stereocenters. The quantitative estimate of drug-likeness (QED) is 0.412. The van der Waals surface area contributed by atoms with E-state index < -0.39 is 11.1 Å². The summed E-state index contributed by atoms with van der Waals surface area (Å²) in [5.74, 6) is 0.840. The number of H-pyrrole nitrogens is 2. The fourth-order valence-corrected chi connectivity index (χ4v) is 2.79. The average Bonchev–Trinajstić information content (AvgIpc) is 3.16. The molecule has 0 bridgehead atoms. The maximum atomic E-state index is 11.2. The van der Waals surface area contributed by atoms with Crippen molar-refractivity contribution in [3.8, 4) is 18.0 Å². The molecule has 14 heteroatoms. The number of rotatable bonds is 3. The van der Waals surface area contributed by atoms with Gasteiger partial charge in [0.1, 0.15) is 34.3 Å². The van der Waals surface area contributed by atoms with Gasteiger partial charge in [-0.15, -0.1) is 0 Å². The van der Waals surface area contributed by atoms with Crippen molar-refractivity contribution in [2.45, 2.75) is 0 Å². The molecule has 0 aliphatic rings. The Morgan fingerprint density at radius 1 is 1.15 bits per heavy atom. The SMILES string of the molecule is COc1cc(Nc2s[nH]c(=O)c2C#N)ncn1.N.N#Cc1c(N)s[nH]c1=O. The number of hydrogen-bond donors (Lipinski definition) is 5. The summed E-state index contributed by atoms with van der Waals surface area (Å²) < 4.78 is 9.72. The van der Waals surface area contributed by atoms with Crippen LogP contribution in [-0.2, 0) is 0 Å². The molecule has 0 spiro atoms. The largest absolute Gasteiger partial charge is 0.481 e. The minimum Gasteiger partial charge on any atom is -0.481 e. The Kier molecular flexibility index (Phi) is 7.65. The summed E-state index contributed by atoms with van der Waals surface area (Å²) in [6.45, 7) is 0. The van der Waals surface area contributed by atoms with E-state index >= 15 is 0 Å². The Morgan fingerprint density at radius 3 is 2.30 bits per heavy atom. The molecular formula is C13H13N9O3S2. The van der Waals surface area contributed by atoms with Gasteiger partial charge in [-0.3, -0.25) is 18.3 Å². The summed E-state index contributed by atoms with van der Waals surface area (Å²) in [6, 6.07) is 5.07. The third kappa shape index (κ3) is 5.13. The fraction of sp³-hybridized carbons (Fsp3) is 0.0769. The maximum Gasteiger partial charge on any atom is 0.278 e. The summed E-state index contributed by atoms with van der Waals surface area (Å²) in [4.78, 5) is 29.5. The molecule has 0 aliphatic carbocycles. The van der Waals surface area contributed by atoms with Crippen LogP contribution in [0.3, 0.4) is 0 Å². The molecule has 0 aromatic carbocycles. The fourth-order valence-electron chi connectivity index (χ4n) is 1.55. The predicted octanol–water partition coefficient (Wildman–Crippen LogP) is 0.903. The molecule has 0 amide bonds. The molecule has 27 heavy (non-hydrogen) atoms. The van der Waals surface area contributed by atoms with E-state index in [1.165, 1.54) is 13.4 Å². The molecule has 0 unspecified atom stereocenters. The number of nitrogen functional groups attached to an aromatic ring is 1. The van der Waals surface area contributed by atoms with E-state index in [4.69, 9.17) is 21.0 Å². The van der Waals surface area contributed by atoms with Crippen LogP contribution in [0.1, 0.15) is 11.1 Å². The van der Waals surface area contributed by atoms with Crippen LogP contribution in [0.4, 0.5) is 15.8 Å². The second-order valence-electron chi connectivity index (χ2n) is 4.30. The standard InChI is InChI=1S/C9H7N5O2S.C4H3N3OS.H3N/c1-16-7-2-6(11-4-12-7)13-9-5(3-10)8(15)14-17-9;5-1-2-3(6)9-7-4(2)8;/h2,4H,1H3,(H,14,15)(H,11,12,13);6H2,(H,7,8);1H3. The molecule has 3 aromatic rings. The maximum absolute atomic E-state index is 11.2. The van der Waals surface area contributed by atoms with Crippen molar-refractivity contribution >= 4 is 38.9 Å². The molecule has 0 saturated carbocycles. The van der Waals surface area contributed by atoms with Crippen molar-refractivity contribution in [3.05, 3.63) is 44.2 Å².